The molecule has 0 saturated heterocycles. The summed E-state index contributed by atoms with van der Waals surface area (Å²) in [6.07, 6.45) is 6.81. The van der Waals surface area contributed by atoms with Gasteiger partial charge in [0.05, 0.1) is 0 Å². The first kappa shape index (κ1) is 10.2. The summed E-state index contributed by atoms with van der Waals surface area (Å²) in [7, 11) is 2.04. The van der Waals surface area contributed by atoms with E-state index >= 15 is 0 Å². The van der Waals surface area contributed by atoms with Gasteiger partial charge in [-0.05, 0) is 51.3 Å². The van der Waals surface area contributed by atoms with E-state index in [1.165, 1.54) is 37.0 Å². The second kappa shape index (κ2) is 4.45. The van der Waals surface area contributed by atoms with Gasteiger partial charge < -0.3 is 5.32 Å². The lowest BCUT2D eigenvalue weighted by Crippen LogP contribution is -2.10. The van der Waals surface area contributed by atoms with Crippen LogP contribution in [0.3, 0.4) is 0 Å². The minimum atomic E-state index is 0.520. The Morgan fingerprint density at radius 2 is 2.07 bits per heavy atom. The van der Waals surface area contributed by atoms with Crippen LogP contribution >= 0.6 is 11.3 Å². The maximum atomic E-state index is 3.32. The van der Waals surface area contributed by atoms with Crippen LogP contribution in [0.25, 0.3) is 0 Å². The first-order valence-electron chi connectivity index (χ1n) is 5.60. The minimum Gasteiger partial charge on any atom is -0.313 e. The van der Waals surface area contributed by atoms with Gasteiger partial charge in [-0.25, -0.2) is 0 Å². The molecule has 0 saturated carbocycles. The molecular weight excluding hydrogens is 190 g/mol. The van der Waals surface area contributed by atoms with Gasteiger partial charge in [-0.3, -0.25) is 0 Å². The molecule has 0 bridgehead atoms. The highest BCUT2D eigenvalue weighted by molar-refractivity contribution is 7.12. The Kier molecular flexibility index (Phi) is 3.24. The van der Waals surface area contributed by atoms with E-state index in [9.17, 15) is 0 Å². The quantitative estimate of drug-likeness (QED) is 0.737. The van der Waals surface area contributed by atoms with Crippen LogP contribution in [0.2, 0.25) is 0 Å². The molecule has 1 aromatic rings. The SMILES string of the molecule is CNC(C)c1cc2c(s1)CCCCC2. The summed E-state index contributed by atoms with van der Waals surface area (Å²) < 4.78 is 0. The Labute approximate surface area is 90.5 Å². The van der Waals surface area contributed by atoms with Gasteiger partial charge in [0.2, 0.25) is 0 Å². The van der Waals surface area contributed by atoms with Gasteiger partial charge in [0.25, 0.3) is 0 Å². The maximum absolute atomic E-state index is 3.32. The van der Waals surface area contributed by atoms with E-state index in [-0.39, 0.29) is 0 Å². The smallest absolute Gasteiger partial charge is 0.0383 e. The number of nitrogens with one attached hydrogen (secondary N) is 1. The fraction of sp³-hybridized carbons (Fsp3) is 0.667. The molecule has 1 aliphatic rings. The maximum Gasteiger partial charge on any atom is 0.0383 e. The van der Waals surface area contributed by atoms with Crippen LogP contribution in [0.1, 0.15) is 47.5 Å². The van der Waals surface area contributed by atoms with Crippen molar-refractivity contribution in [2.24, 2.45) is 0 Å². The van der Waals surface area contributed by atoms with Crippen molar-refractivity contribution < 1.29 is 0 Å². The van der Waals surface area contributed by atoms with Crippen LogP contribution in [0.4, 0.5) is 0 Å². The van der Waals surface area contributed by atoms with Crippen molar-refractivity contribution in [2.75, 3.05) is 7.05 Å². The largest absolute Gasteiger partial charge is 0.313 e. The third kappa shape index (κ3) is 2.01. The Morgan fingerprint density at radius 3 is 2.86 bits per heavy atom. The zero-order valence-corrected chi connectivity index (χ0v) is 9.91. The van der Waals surface area contributed by atoms with Crippen molar-refractivity contribution in [3.8, 4) is 0 Å². The molecule has 0 spiro atoms. The van der Waals surface area contributed by atoms with Gasteiger partial charge in [0.15, 0.2) is 0 Å². The molecule has 1 heterocycles. The number of hydrogen-bond donors (Lipinski definition) is 1. The van der Waals surface area contributed by atoms with Gasteiger partial charge in [-0.1, -0.05) is 6.42 Å². The zero-order chi connectivity index (χ0) is 9.97. The standard InChI is InChI=1S/C12H19NS/c1-9(13-2)12-8-10-6-4-3-5-7-11(10)14-12/h8-9,13H,3-7H2,1-2H3. The zero-order valence-electron chi connectivity index (χ0n) is 9.10. The normalized spacial score (nSPS) is 18.7. The average Bonchev–Trinajstić information content (AvgIpc) is 2.49. The van der Waals surface area contributed by atoms with E-state index in [0.29, 0.717) is 6.04 Å². The number of rotatable bonds is 2. The Balaban J connectivity index is 2.22. The molecule has 2 heteroatoms. The molecule has 0 aromatic carbocycles. The lowest BCUT2D eigenvalue weighted by atomic mass is 10.1. The number of aryl methyl sites for hydroxylation is 2. The molecule has 2 rings (SSSR count). The lowest BCUT2D eigenvalue weighted by Gasteiger charge is -2.06. The molecule has 0 amide bonds. The highest BCUT2D eigenvalue weighted by atomic mass is 32.1. The molecule has 0 aliphatic heterocycles. The topological polar surface area (TPSA) is 12.0 Å². The predicted octanol–water partition coefficient (Wildman–Crippen LogP) is 3.30. The third-order valence-corrected chi connectivity index (χ3v) is 4.55. The van der Waals surface area contributed by atoms with Gasteiger partial charge in [0.1, 0.15) is 0 Å². The number of hydrogen-bond acceptors (Lipinski definition) is 2. The fourth-order valence-electron chi connectivity index (χ4n) is 2.05. The first-order chi connectivity index (χ1) is 6.81. The van der Waals surface area contributed by atoms with Gasteiger partial charge >= 0.3 is 0 Å². The molecule has 14 heavy (non-hydrogen) atoms. The molecule has 0 fully saturated rings. The lowest BCUT2D eigenvalue weighted by molar-refractivity contribution is 0.662. The van der Waals surface area contributed by atoms with E-state index in [2.05, 4.69) is 18.3 Å². The molecule has 1 aliphatic carbocycles. The van der Waals surface area contributed by atoms with Crippen molar-refractivity contribution in [1.82, 2.24) is 5.32 Å². The van der Waals surface area contributed by atoms with Crippen molar-refractivity contribution in [3.05, 3.63) is 21.4 Å². The average molecular weight is 209 g/mol. The summed E-state index contributed by atoms with van der Waals surface area (Å²) in [6.45, 7) is 2.24. The van der Waals surface area contributed by atoms with E-state index in [1.54, 1.807) is 10.4 Å². The van der Waals surface area contributed by atoms with Crippen LogP contribution in [-0.2, 0) is 12.8 Å². The van der Waals surface area contributed by atoms with Crippen molar-refractivity contribution in [2.45, 2.75) is 45.1 Å². The monoisotopic (exact) mass is 209 g/mol. The van der Waals surface area contributed by atoms with E-state index in [1.807, 2.05) is 18.4 Å². The third-order valence-electron chi connectivity index (χ3n) is 3.13. The highest BCUT2D eigenvalue weighted by Crippen LogP contribution is 2.31. The summed E-state index contributed by atoms with van der Waals surface area (Å²) in [5.41, 5.74) is 1.63. The van der Waals surface area contributed by atoms with Crippen LogP contribution < -0.4 is 5.32 Å². The van der Waals surface area contributed by atoms with Crippen LogP contribution in [-0.4, -0.2) is 7.05 Å². The number of thiophene rings is 1. The molecular formula is C12H19NS. The van der Waals surface area contributed by atoms with Crippen LogP contribution in [0.15, 0.2) is 6.07 Å². The molecule has 78 valence electrons. The van der Waals surface area contributed by atoms with E-state index < -0.39 is 0 Å². The Hall–Kier alpha value is -0.340. The fourth-order valence-corrected chi connectivity index (χ4v) is 3.36. The molecule has 1 unspecified atom stereocenters. The van der Waals surface area contributed by atoms with Gasteiger partial charge in [-0.2, -0.15) is 0 Å². The Morgan fingerprint density at radius 1 is 1.29 bits per heavy atom. The van der Waals surface area contributed by atoms with Crippen molar-refractivity contribution >= 4 is 11.3 Å². The summed E-state index contributed by atoms with van der Waals surface area (Å²) >= 11 is 2.02. The van der Waals surface area contributed by atoms with Gasteiger partial charge in [0, 0.05) is 15.8 Å². The molecule has 0 radical (unpaired) electrons. The van der Waals surface area contributed by atoms with Crippen LogP contribution in [0.5, 0.6) is 0 Å². The summed E-state index contributed by atoms with van der Waals surface area (Å²) in [5.74, 6) is 0. The highest BCUT2D eigenvalue weighted by Gasteiger charge is 2.14. The Bertz CT molecular complexity index is 280. The van der Waals surface area contributed by atoms with Crippen LogP contribution in [0, 0.1) is 0 Å². The molecule has 1 atom stereocenters. The molecule has 1 nitrogen and oxygen atoms in total. The number of fused-ring (bicyclic) bond motifs is 1. The molecule has 1 N–H and O–H groups in total. The van der Waals surface area contributed by atoms with E-state index in [0.717, 1.165) is 0 Å². The summed E-state index contributed by atoms with van der Waals surface area (Å²) in [6, 6.07) is 2.94. The van der Waals surface area contributed by atoms with Crippen molar-refractivity contribution in [1.29, 1.82) is 0 Å². The minimum absolute atomic E-state index is 0.520. The second-order valence-corrected chi connectivity index (χ2v) is 5.34. The summed E-state index contributed by atoms with van der Waals surface area (Å²) in [5, 5.41) is 3.32. The van der Waals surface area contributed by atoms with Gasteiger partial charge in [-0.15, -0.1) is 11.3 Å². The predicted molar refractivity (Wildman–Crippen MR) is 63.1 cm³/mol. The first-order valence-corrected chi connectivity index (χ1v) is 6.41. The van der Waals surface area contributed by atoms with E-state index in [4.69, 9.17) is 0 Å². The van der Waals surface area contributed by atoms with Crippen molar-refractivity contribution in [3.63, 3.8) is 0 Å². The second-order valence-electron chi connectivity index (χ2n) is 4.17. The molecule has 1 aromatic heterocycles. The summed E-state index contributed by atoms with van der Waals surface area (Å²) in [4.78, 5) is 3.17.